The molecule has 3 rings (SSSR count). The zero-order valence-electron chi connectivity index (χ0n) is 17.6. The number of imide groups is 1. The fourth-order valence-electron chi connectivity index (χ4n) is 2.87. The highest BCUT2D eigenvalue weighted by molar-refractivity contribution is 8.14. The molecule has 1 saturated heterocycles. The SMILES string of the molecule is CN(c1ccccc1)S(=O)(=O)c1ccc(C(=O)OCC(=O)NCCN2C(=O)CSC2=O)cc1. The molecular formula is C21H21N3O7S2. The van der Waals surface area contributed by atoms with Crippen molar-refractivity contribution in [1.29, 1.82) is 0 Å². The van der Waals surface area contributed by atoms with Crippen LogP contribution in [0.4, 0.5) is 10.5 Å². The predicted octanol–water partition coefficient (Wildman–Crippen LogP) is 1.48. The van der Waals surface area contributed by atoms with Gasteiger partial charge < -0.3 is 10.1 Å². The molecule has 1 fully saturated rings. The summed E-state index contributed by atoms with van der Waals surface area (Å²) in [5.74, 6) is -1.62. The van der Waals surface area contributed by atoms with Crippen LogP contribution in [0.25, 0.3) is 0 Å². The molecule has 1 aliphatic heterocycles. The Bertz CT molecular complexity index is 1140. The number of carbonyl (C=O) groups is 4. The number of nitrogens with zero attached hydrogens (tertiary/aromatic N) is 2. The molecule has 1 aliphatic rings. The summed E-state index contributed by atoms with van der Waals surface area (Å²) in [6, 6.07) is 13.7. The maximum Gasteiger partial charge on any atom is 0.338 e. The van der Waals surface area contributed by atoms with Crippen LogP contribution in [0, 0.1) is 0 Å². The molecule has 1 heterocycles. The minimum atomic E-state index is -3.82. The maximum atomic E-state index is 12.8. The third-order valence-electron chi connectivity index (χ3n) is 4.70. The van der Waals surface area contributed by atoms with E-state index in [0.717, 1.165) is 21.0 Å². The van der Waals surface area contributed by atoms with E-state index < -0.39 is 28.5 Å². The fraction of sp³-hybridized carbons (Fsp3) is 0.238. The standard InChI is InChI=1S/C21H21N3O7S2/c1-23(16-5-3-2-4-6-16)33(29,30)17-9-7-15(8-10-17)20(27)31-13-18(25)22-11-12-24-19(26)14-32-21(24)28/h2-10H,11-14H2,1H3,(H,22,25). The molecule has 0 unspecified atom stereocenters. The third kappa shape index (κ3) is 5.90. The molecule has 2 aromatic rings. The molecule has 0 saturated carbocycles. The number of benzene rings is 2. The summed E-state index contributed by atoms with van der Waals surface area (Å²) < 4.78 is 31.6. The fourth-order valence-corrected chi connectivity index (χ4v) is 4.81. The topological polar surface area (TPSA) is 130 Å². The molecule has 0 atom stereocenters. The van der Waals surface area contributed by atoms with E-state index in [9.17, 15) is 27.6 Å². The molecule has 2 aromatic carbocycles. The van der Waals surface area contributed by atoms with Crippen LogP contribution in [0.5, 0.6) is 0 Å². The van der Waals surface area contributed by atoms with Gasteiger partial charge in [0, 0.05) is 20.1 Å². The second-order valence-electron chi connectivity index (χ2n) is 6.86. The normalized spacial score (nSPS) is 13.7. The van der Waals surface area contributed by atoms with Crippen molar-refractivity contribution >= 4 is 50.5 Å². The number of thioether (sulfide) groups is 1. The van der Waals surface area contributed by atoms with Crippen LogP contribution in [0.3, 0.4) is 0 Å². The molecule has 0 radical (unpaired) electrons. The summed E-state index contributed by atoms with van der Waals surface area (Å²) in [5.41, 5.74) is 0.568. The molecule has 10 nitrogen and oxygen atoms in total. The maximum absolute atomic E-state index is 12.8. The first-order valence-corrected chi connectivity index (χ1v) is 12.2. The highest BCUT2D eigenvalue weighted by Gasteiger charge is 2.29. The number of rotatable bonds is 9. The van der Waals surface area contributed by atoms with Crippen LogP contribution in [0.2, 0.25) is 0 Å². The molecule has 0 bridgehead atoms. The zero-order valence-corrected chi connectivity index (χ0v) is 19.2. The van der Waals surface area contributed by atoms with Crippen LogP contribution in [0.15, 0.2) is 59.5 Å². The molecule has 0 spiro atoms. The van der Waals surface area contributed by atoms with Gasteiger partial charge in [-0.3, -0.25) is 23.6 Å². The van der Waals surface area contributed by atoms with Crippen molar-refractivity contribution < 1.29 is 32.3 Å². The second-order valence-corrected chi connectivity index (χ2v) is 9.75. The lowest BCUT2D eigenvalue weighted by Crippen LogP contribution is -2.38. The lowest BCUT2D eigenvalue weighted by atomic mass is 10.2. The number of hydrogen-bond acceptors (Lipinski definition) is 8. The summed E-state index contributed by atoms with van der Waals surface area (Å²) in [7, 11) is -2.39. The van der Waals surface area contributed by atoms with Crippen LogP contribution in [-0.4, -0.2) is 68.8 Å². The van der Waals surface area contributed by atoms with Crippen molar-refractivity contribution in [2.24, 2.45) is 0 Å². The van der Waals surface area contributed by atoms with Crippen molar-refractivity contribution in [3.63, 3.8) is 0 Å². The van der Waals surface area contributed by atoms with E-state index in [1.54, 1.807) is 30.3 Å². The molecule has 174 valence electrons. The Kier molecular flexibility index (Phi) is 7.71. The molecule has 0 aromatic heterocycles. The lowest BCUT2D eigenvalue weighted by molar-refractivity contribution is -0.126. The Balaban J connectivity index is 1.50. The monoisotopic (exact) mass is 491 g/mol. The number of esters is 1. The van der Waals surface area contributed by atoms with Gasteiger partial charge in [-0.25, -0.2) is 13.2 Å². The highest BCUT2D eigenvalue weighted by atomic mass is 32.2. The minimum Gasteiger partial charge on any atom is -0.452 e. The summed E-state index contributed by atoms with van der Waals surface area (Å²) in [6.45, 7) is -0.486. The van der Waals surface area contributed by atoms with Gasteiger partial charge in [-0.1, -0.05) is 30.0 Å². The van der Waals surface area contributed by atoms with Gasteiger partial charge in [0.1, 0.15) is 0 Å². The van der Waals surface area contributed by atoms with Crippen molar-refractivity contribution in [2.75, 3.05) is 36.8 Å². The summed E-state index contributed by atoms with van der Waals surface area (Å²) in [6.07, 6.45) is 0. The number of amides is 3. The van der Waals surface area contributed by atoms with Crippen LogP contribution in [0.1, 0.15) is 10.4 Å². The molecule has 0 aliphatic carbocycles. The van der Waals surface area contributed by atoms with Crippen molar-refractivity contribution in [1.82, 2.24) is 10.2 Å². The van der Waals surface area contributed by atoms with E-state index >= 15 is 0 Å². The average Bonchev–Trinajstić information content (AvgIpc) is 3.14. The predicted molar refractivity (Wildman–Crippen MR) is 121 cm³/mol. The summed E-state index contributed by atoms with van der Waals surface area (Å²) in [4.78, 5) is 48.0. The van der Waals surface area contributed by atoms with Gasteiger partial charge in [0.2, 0.25) is 5.91 Å². The van der Waals surface area contributed by atoms with E-state index in [2.05, 4.69) is 5.32 Å². The second kappa shape index (κ2) is 10.5. The Labute approximate surface area is 194 Å². The lowest BCUT2D eigenvalue weighted by Gasteiger charge is -2.19. The number of nitrogens with one attached hydrogen (secondary N) is 1. The van der Waals surface area contributed by atoms with Gasteiger partial charge >= 0.3 is 5.97 Å². The number of sulfonamides is 1. The van der Waals surface area contributed by atoms with E-state index in [4.69, 9.17) is 4.74 Å². The molecule has 33 heavy (non-hydrogen) atoms. The largest absolute Gasteiger partial charge is 0.452 e. The van der Waals surface area contributed by atoms with E-state index in [0.29, 0.717) is 5.69 Å². The number of hydrogen-bond donors (Lipinski definition) is 1. The zero-order chi connectivity index (χ0) is 24.0. The number of anilines is 1. The molecule has 1 N–H and O–H groups in total. The summed E-state index contributed by atoms with van der Waals surface area (Å²) >= 11 is 0.902. The number of ether oxygens (including phenoxy) is 1. The van der Waals surface area contributed by atoms with Gasteiger partial charge in [-0.15, -0.1) is 0 Å². The number of carbonyl (C=O) groups excluding carboxylic acids is 4. The van der Waals surface area contributed by atoms with Crippen LogP contribution >= 0.6 is 11.8 Å². The Morgan fingerprint density at radius 3 is 2.36 bits per heavy atom. The van der Waals surface area contributed by atoms with Crippen molar-refractivity contribution in [3.05, 3.63) is 60.2 Å². The van der Waals surface area contributed by atoms with Crippen molar-refractivity contribution in [3.8, 4) is 0 Å². The minimum absolute atomic E-state index is 0.00711. The molecular weight excluding hydrogens is 470 g/mol. The van der Waals surface area contributed by atoms with E-state index in [-0.39, 0.29) is 40.4 Å². The first-order valence-electron chi connectivity index (χ1n) is 9.75. The van der Waals surface area contributed by atoms with Gasteiger partial charge in [0.25, 0.3) is 21.2 Å². The van der Waals surface area contributed by atoms with E-state index in [1.165, 1.54) is 31.3 Å². The van der Waals surface area contributed by atoms with Gasteiger partial charge in [0.05, 0.1) is 21.9 Å². The third-order valence-corrected chi connectivity index (χ3v) is 7.36. The van der Waals surface area contributed by atoms with Crippen molar-refractivity contribution in [2.45, 2.75) is 4.90 Å². The first kappa shape index (κ1) is 24.3. The average molecular weight is 492 g/mol. The Morgan fingerprint density at radius 1 is 1.09 bits per heavy atom. The van der Waals surface area contributed by atoms with Gasteiger partial charge in [-0.2, -0.15) is 0 Å². The summed E-state index contributed by atoms with van der Waals surface area (Å²) in [5, 5.41) is 2.10. The van der Waals surface area contributed by atoms with Crippen LogP contribution in [-0.2, 0) is 24.3 Å². The van der Waals surface area contributed by atoms with Gasteiger partial charge in [-0.05, 0) is 36.4 Å². The number of para-hydroxylation sites is 1. The van der Waals surface area contributed by atoms with Crippen LogP contribution < -0.4 is 9.62 Å². The smallest absolute Gasteiger partial charge is 0.338 e. The van der Waals surface area contributed by atoms with E-state index in [1.807, 2.05) is 0 Å². The quantitative estimate of drug-likeness (QED) is 0.522. The first-order chi connectivity index (χ1) is 15.7. The van der Waals surface area contributed by atoms with Gasteiger partial charge in [0.15, 0.2) is 6.61 Å². The molecule has 12 heteroatoms. The Hall–Kier alpha value is -3.38. The molecule has 3 amide bonds. The highest BCUT2D eigenvalue weighted by Crippen LogP contribution is 2.22. The Morgan fingerprint density at radius 2 is 1.76 bits per heavy atom.